The summed E-state index contributed by atoms with van der Waals surface area (Å²) in [6.07, 6.45) is 0. The topological polar surface area (TPSA) is 51.0 Å². The minimum Gasteiger partial charge on any atom is -0.338 e. The Morgan fingerprint density at radius 2 is 1.76 bits per heavy atom. The molecule has 2 aromatic rings. The van der Waals surface area contributed by atoms with Gasteiger partial charge in [-0.05, 0) is 26.3 Å². The summed E-state index contributed by atoms with van der Waals surface area (Å²) in [4.78, 5) is 4.14. The molecule has 4 nitrogen and oxygen atoms in total. The van der Waals surface area contributed by atoms with Crippen LogP contribution in [-0.2, 0) is 13.1 Å². The Bertz CT molecular complexity index is 485. The van der Waals surface area contributed by atoms with Crippen LogP contribution in [0.5, 0.6) is 0 Å². The lowest BCUT2D eigenvalue weighted by molar-refractivity contribution is 0.364. The molecule has 0 fully saturated rings. The third-order valence-electron chi connectivity index (χ3n) is 2.46. The number of hydrogen-bond donors (Lipinski definition) is 1. The Balaban J connectivity index is 1.89. The van der Waals surface area contributed by atoms with Gasteiger partial charge in [0.2, 0.25) is 5.89 Å². The van der Waals surface area contributed by atoms with Gasteiger partial charge >= 0.3 is 0 Å². The van der Waals surface area contributed by atoms with Gasteiger partial charge in [-0.3, -0.25) is 0 Å². The summed E-state index contributed by atoms with van der Waals surface area (Å²) in [6.45, 7) is 7.45. The molecule has 0 aliphatic rings. The quantitative estimate of drug-likeness (QED) is 0.877. The van der Waals surface area contributed by atoms with Crippen LogP contribution in [0.15, 0.2) is 22.7 Å². The first-order valence-electron chi connectivity index (χ1n) is 5.70. The van der Waals surface area contributed by atoms with Crippen LogP contribution in [0.4, 0.5) is 0 Å². The number of aryl methyl sites for hydroxylation is 3. The van der Waals surface area contributed by atoms with Crippen molar-refractivity contribution < 1.29 is 4.52 Å². The van der Waals surface area contributed by atoms with Crippen LogP contribution in [0.3, 0.4) is 0 Å². The highest BCUT2D eigenvalue weighted by atomic mass is 16.5. The fourth-order valence-corrected chi connectivity index (χ4v) is 1.90. The Morgan fingerprint density at radius 1 is 1.06 bits per heavy atom. The van der Waals surface area contributed by atoms with Crippen molar-refractivity contribution >= 4 is 0 Å². The van der Waals surface area contributed by atoms with Crippen LogP contribution in [0.1, 0.15) is 28.4 Å². The monoisotopic (exact) mass is 231 g/mol. The van der Waals surface area contributed by atoms with Crippen molar-refractivity contribution in [3.05, 3.63) is 46.6 Å². The third kappa shape index (κ3) is 3.39. The third-order valence-corrected chi connectivity index (χ3v) is 2.46. The molecule has 0 amide bonds. The highest BCUT2D eigenvalue weighted by Gasteiger charge is 2.02. The van der Waals surface area contributed by atoms with Crippen LogP contribution in [0.2, 0.25) is 0 Å². The molecule has 1 N–H and O–H groups in total. The molecule has 0 unspecified atom stereocenters. The highest BCUT2D eigenvalue weighted by molar-refractivity contribution is 5.28. The van der Waals surface area contributed by atoms with Crippen molar-refractivity contribution in [1.29, 1.82) is 0 Å². The van der Waals surface area contributed by atoms with Crippen molar-refractivity contribution in [2.24, 2.45) is 0 Å². The summed E-state index contributed by atoms with van der Waals surface area (Å²) in [6, 6.07) is 6.53. The van der Waals surface area contributed by atoms with Gasteiger partial charge in [-0.15, -0.1) is 0 Å². The molecule has 1 aromatic carbocycles. The Morgan fingerprint density at radius 3 is 2.35 bits per heavy atom. The van der Waals surface area contributed by atoms with E-state index >= 15 is 0 Å². The first-order chi connectivity index (χ1) is 8.13. The summed E-state index contributed by atoms with van der Waals surface area (Å²) in [5, 5.41) is 7.03. The largest absolute Gasteiger partial charge is 0.338 e. The fourth-order valence-electron chi connectivity index (χ4n) is 1.90. The second-order valence-corrected chi connectivity index (χ2v) is 4.33. The van der Waals surface area contributed by atoms with Crippen LogP contribution >= 0.6 is 0 Å². The lowest BCUT2D eigenvalue weighted by atomic mass is 10.1. The van der Waals surface area contributed by atoms with Crippen molar-refractivity contribution in [1.82, 2.24) is 15.5 Å². The molecule has 4 heteroatoms. The Hall–Kier alpha value is -1.68. The molecule has 2 rings (SSSR count). The molecule has 0 saturated heterocycles. The molecule has 0 aliphatic heterocycles. The number of hydrogen-bond acceptors (Lipinski definition) is 4. The predicted octanol–water partition coefficient (Wildman–Crippen LogP) is 2.28. The summed E-state index contributed by atoms with van der Waals surface area (Å²) < 4.78 is 5.03. The molecule has 0 bridgehead atoms. The summed E-state index contributed by atoms with van der Waals surface area (Å²) in [7, 11) is 0. The van der Waals surface area contributed by atoms with E-state index < -0.39 is 0 Å². The number of nitrogens with zero attached hydrogens (tertiary/aromatic N) is 2. The second kappa shape index (κ2) is 5.10. The van der Waals surface area contributed by atoms with E-state index in [4.69, 9.17) is 4.52 Å². The van der Waals surface area contributed by atoms with Crippen molar-refractivity contribution in [3.63, 3.8) is 0 Å². The zero-order chi connectivity index (χ0) is 12.3. The first-order valence-corrected chi connectivity index (χ1v) is 5.70. The van der Waals surface area contributed by atoms with Crippen LogP contribution in [0, 0.1) is 20.8 Å². The van der Waals surface area contributed by atoms with E-state index in [1.54, 1.807) is 0 Å². The summed E-state index contributed by atoms with van der Waals surface area (Å²) >= 11 is 0. The van der Waals surface area contributed by atoms with E-state index in [2.05, 4.69) is 47.5 Å². The minimum absolute atomic E-state index is 0.605. The fraction of sp³-hybridized carbons (Fsp3) is 0.385. The normalized spacial score (nSPS) is 10.8. The molecule has 0 aliphatic carbocycles. The van der Waals surface area contributed by atoms with Crippen molar-refractivity contribution in [2.75, 3.05) is 0 Å². The SMILES string of the molecule is Cc1cc(C)cc(CNCc2nc(C)no2)c1. The van der Waals surface area contributed by atoms with E-state index in [-0.39, 0.29) is 0 Å². The predicted molar refractivity (Wildman–Crippen MR) is 65.5 cm³/mol. The molecular formula is C13H17N3O. The molecular weight excluding hydrogens is 214 g/mol. The zero-order valence-electron chi connectivity index (χ0n) is 10.4. The molecule has 0 spiro atoms. The molecule has 0 saturated carbocycles. The molecule has 17 heavy (non-hydrogen) atoms. The lowest BCUT2D eigenvalue weighted by Gasteiger charge is -2.05. The molecule has 1 aromatic heterocycles. The maximum atomic E-state index is 5.03. The van der Waals surface area contributed by atoms with Gasteiger partial charge in [0.15, 0.2) is 5.82 Å². The van der Waals surface area contributed by atoms with E-state index in [9.17, 15) is 0 Å². The first kappa shape index (κ1) is 11.8. The van der Waals surface area contributed by atoms with E-state index in [1.165, 1.54) is 16.7 Å². The molecule has 0 radical (unpaired) electrons. The van der Waals surface area contributed by atoms with Crippen molar-refractivity contribution in [2.45, 2.75) is 33.9 Å². The van der Waals surface area contributed by atoms with Crippen LogP contribution < -0.4 is 5.32 Å². The highest BCUT2D eigenvalue weighted by Crippen LogP contribution is 2.08. The zero-order valence-corrected chi connectivity index (χ0v) is 10.4. The average Bonchev–Trinajstić information content (AvgIpc) is 2.63. The average molecular weight is 231 g/mol. The number of rotatable bonds is 4. The van der Waals surface area contributed by atoms with Gasteiger partial charge in [0.05, 0.1) is 6.54 Å². The maximum Gasteiger partial charge on any atom is 0.240 e. The standard InChI is InChI=1S/C13H17N3O/c1-9-4-10(2)6-12(5-9)7-14-8-13-15-11(3)16-17-13/h4-6,14H,7-8H2,1-3H3. The van der Waals surface area contributed by atoms with Gasteiger partial charge in [-0.25, -0.2) is 0 Å². The lowest BCUT2D eigenvalue weighted by Crippen LogP contribution is -2.13. The van der Waals surface area contributed by atoms with Crippen LogP contribution in [-0.4, -0.2) is 10.1 Å². The summed E-state index contributed by atoms with van der Waals surface area (Å²) in [5.74, 6) is 1.31. The molecule has 0 atom stereocenters. The van der Waals surface area contributed by atoms with Gasteiger partial charge in [0, 0.05) is 6.54 Å². The number of aromatic nitrogens is 2. The van der Waals surface area contributed by atoms with E-state index in [1.807, 2.05) is 6.92 Å². The van der Waals surface area contributed by atoms with E-state index in [0.29, 0.717) is 18.3 Å². The smallest absolute Gasteiger partial charge is 0.240 e. The van der Waals surface area contributed by atoms with Gasteiger partial charge < -0.3 is 9.84 Å². The molecule has 90 valence electrons. The Kier molecular flexibility index (Phi) is 3.54. The van der Waals surface area contributed by atoms with Gasteiger partial charge in [-0.1, -0.05) is 34.5 Å². The van der Waals surface area contributed by atoms with Gasteiger partial charge in [0.1, 0.15) is 0 Å². The minimum atomic E-state index is 0.605. The van der Waals surface area contributed by atoms with Crippen LogP contribution in [0.25, 0.3) is 0 Å². The van der Waals surface area contributed by atoms with Gasteiger partial charge in [0.25, 0.3) is 0 Å². The van der Waals surface area contributed by atoms with Crippen molar-refractivity contribution in [3.8, 4) is 0 Å². The maximum absolute atomic E-state index is 5.03. The van der Waals surface area contributed by atoms with E-state index in [0.717, 1.165) is 6.54 Å². The van der Waals surface area contributed by atoms with Gasteiger partial charge in [-0.2, -0.15) is 4.98 Å². The number of benzene rings is 1. The molecule has 1 heterocycles. The summed E-state index contributed by atoms with van der Waals surface area (Å²) in [5.41, 5.74) is 3.85. The Labute approximate surface area is 101 Å². The number of nitrogens with one attached hydrogen (secondary N) is 1. The second-order valence-electron chi connectivity index (χ2n) is 4.33.